The highest BCUT2D eigenvalue weighted by Gasteiger charge is 2.21. The summed E-state index contributed by atoms with van der Waals surface area (Å²) >= 11 is 0. The number of carbonyl (C=O) groups is 1. The van der Waals surface area contributed by atoms with Gasteiger partial charge in [-0.05, 0) is 30.5 Å². The summed E-state index contributed by atoms with van der Waals surface area (Å²) in [7, 11) is 1.94. The van der Waals surface area contributed by atoms with E-state index in [9.17, 15) is 4.79 Å². The minimum Gasteiger partial charge on any atom is -0.399 e. The van der Waals surface area contributed by atoms with Gasteiger partial charge >= 0.3 is 0 Å². The van der Waals surface area contributed by atoms with Crippen molar-refractivity contribution in [3.63, 3.8) is 0 Å². The molecule has 3 nitrogen and oxygen atoms in total. The zero-order chi connectivity index (χ0) is 13.0. The van der Waals surface area contributed by atoms with E-state index in [0.717, 1.165) is 24.1 Å². The maximum absolute atomic E-state index is 12.2. The Morgan fingerprint density at radius 2 is 1.79 bits per heavy atom. The average Bonchev–Trinajstić information content (AvgIpc) is 2.41. The lowest BCUT2D eigenvalue weighted by atomic mass is 9.94. The standard InChI is InChI=1S/C15H22N2O.ClH/c1-17(14-5-3-2-4-6-14)15(18)11-12-7-9-13(16)10-8-12;/h7-10,14H,2-6,11,16H2,1H3;1H. The number of nitrogens with zero attached hydrogens (tertiary/aromatic N) is 1. The molecule has 4 heteroatoms. The van der Waals surface area contributed by atoms with Crippen LogP contribution in [0.4, 0.5) is 5.69 Å². The van der Waals surface area contributed by atoms with Crippen LogP contribution in [0.3, 0.4) is 0 Å². The minimum atomic E-state index is 0. The first-order valence-electron chi connectivity index (χ1n) is 6.77. The van der Waals surface area contributed by atoms with Crippen LogP contribution in [0.2, 0.25) is 0 Å². The van der Waals surface area contributed by atoms with Gasteiger partial charge in [-0.15, -0.1) is 12.4 Å². The van der Waals surface area contributed by atoms with Crippen LogP contribution in [0.1, 0.15) is 37.7 Å². The second-order valence-electron chi connectivity index (χ2n) is 5.21. The van der Waals surface area contributed by atoms with Crippen molar-refractivity contribution < 1.29 is 4.79 Å². The summed E-state index contributed by atoms with van der Waals surface area (Å²) in [6.45, 7) is 0. The van der Waals surface area contributed by atoms with E-state index in [1.807, 2.05) is 36.2 Å². The molecule has 1 aliphatic rings. The van der Waals surface area contributed by atoms with Crippen molar-refractivity contribution in [1.29, 1.82) is 0 Å². The van der Waals surface area contributed by atoms with Gasteiger partial charge in [0.05, 0.1) is 6.42 Å². The average molecular weight is 283 g/mol. The lowest BCUT2D eigenvalue weighted by Crippen LogP contribution is -2.39. The lowest BCUT2D eigenvalue weighted by Gasteiger charge is -2.31. The monoisotopic (exact) mass is 282 g/mol. The highest BCUT2D eigenvalue weighted by atomic mass is 35.5. The van der Waals surface area contributed by atoms with Gasteiger partial charge in [-0.3, -0.25) is 4.79 Å². The highest BCUT2D eigenvalue weighted by Crippen LogP contribution is 2.22. The first-order chi connectivity index (χ1) is 8.66. The first-order valence-corrected chi connectivity index (χ1v) is 6.77. The zero-order valence-corrected chi connectivity index (χ0v) is 12.3. The number of rotatable bonds is 3. The Morgan fingerprint density at radius 1 is 1.21 bits per heavy atom. The van der Waals surface area contributed by atoms with Crippen LogP contribution >= 0.6 is 12.4 Å². The van der Waals surface area contributed by atoms with Gasteiger partial charge in [-0.1, -0.05) is 31.4 Å². The van der Waals surface area contributed by atoms with Crippen LogP contribution in [-0.4, -0.2) is 23.9 Å². The fourth-order valence-corrected chi connectivity index (χ4v) is 2.61. The Kier molecular flexibility index (Phi) is 6.16. The third-order valence-electron chi connectivity index (χ3n) is 3.85. The van der Waals surface area contributed by atoms with Crippen molar-refractivity contribution in [3.8, 4) is 0 Å². The molecule has 0 atom stereocenters. The van der Waals surface area contributed by atoms with Gasteiger partial charge < -0.3 is 10.6 Å². The molecule has 19 heavy (non-hydrogen) atoms. The van der Waals surface area contributed by atoms with Gasteiger partial charge in [0.25, 0.3) is 0 Å². The summed E-state index contributed by atoms with van der Waals surface area (Å²) in [5.41, 5.74) is 7.42. The Bertz CT molecular complexity index is 399. The third-order valence-corrected chi connectivity index (χ3v) is 3.85. The number of anilines is 1. The molecule has 0 heterocycles. The summed E-state index contributed by atoms with van der Waals surface area (Å²) < 4.78 is 0. The van der Waals surface area contributed by atoms with Crippen LogP contribution in [0.15, 0.2) is 24.3 Å². The maximum Gasteiger partial charge on any atom is 0.226 e. The normalized spacial score (nSPS) is 15.6. The van der Waals surface area contributed by atoms with Crippen LogP contribution in [0.5, 0.6) is 0 Å². The smallest absolute Gasteiger partial charge is 0.226 e. The molecule has 0 saturated heterocycles. The van der Waals surface area contributed by atoms with Crippen molar-refractivity contribution in [3.05, 3.63) is 29.8 Å². The predicted molar refractivity (Wildman–Crippen MR) is 81.4 cm³/mol. The van der Waals surface area contributed by atoms with Gasteiger partial charge in [-0.2, -0.15) is 0 Å². The molecule has 1 saturated carbocycles. The Morgan fingerprint density at radius 3 is 2.37 bits per heavy atom. The molecule has 0 unspecified atom stereocenters. The topological polar surface area (TPSA) is 46.3 Å². The van der Waals surface area contributed by atoms with Gasteiger partial charge in [0.2, 0.25) is 5.91 Å². The van der Waals surface area contributed by atoms with E-state index in [4.69, 9.17) is 5.73 Å². The molecule has 2 rings (SSSR count). The van der Waals surface area contributed by atoms with E-state index < -0.39 is 0 Å². The summed E-state index contributed by atoms with van der Waals surface area (Å²) in [5.74, 6) is 0.215. The number of nitrogens with two attached hydrogens (primary N) is 1. The summed E-state index contributed by atoms with van der Waals surface area (Å²) in [6.07, 6.45) is 6.62. The van der Waals surface area contributed by atoms with Crippen LogP contribution < -0.4 is 5.73 Å². The number of amides is 1. The number of carbonyl (C=O) groups excluding carboxylic acids is 1. The molecule has 1 aromatic rings. The van der Waals surface area contributed by atoms with Crippen LogP contribution in [0, 0.1) is 0 Å². The molecule has 106 valence electrons. The number of hydrogen-bond acceptors (Lipinski definition) is 2. The molecule has 2 N–H and O–H groups in total. The lowest BCUT2D eigenvalue weighted by molar-refractivity contribution is -0.131. The number of benzene rings is 1. The molecule has 0 spiro atoms. The van der Waals surface area contributed by atoms with E-state index in [-0.39, 0.29) is 18.3 Å². The van der Waals surface area contributed by atoms with Gasteiger partial charge in [0, 0.05) is 18.8 Å². The quantitative estimate of drug-likeness (QED) is 0.866. The first kappa shape index (κ1) is 15.8. The molecular formula is C15H23ClN2O. The van der Waals surface area contributed by atoms with Crippen LogP contribution in [0.25, 0.3) is 0 Å². The highest BCUT2D eigenvalue weighted by molar-refractivity contribution is 5.85. The van der Waals surface area contributed by atoms with Crippen molar-refractivity contribution in [2.45, 2.75) is 44.6 Å². The second-order valence-corrected chi connectivity index (χ2v) is 5.21. The zero-order valence-electron chi connectivity index (χ0n) is 11.5. The fraction of sp³-hybridized carbons (Fsp3) is 0.533. The largest absolute Gasteiger partial charge is 0.399 e. The van der Waals surface area contributed by atoms with E-state index in [1.54, 1.807) is 0 Å². The van der Waals surface area contributed by atoms with Gasteiger partial charge in [0.1, 0.15) is 0 Å². The Labute approximate surface area is 121 Å². The number of hydrogen-bond donors (Lipinski definition) is 1. The molecule has 1 amide bonds. The minimum absolute atomic E-state index is 0. The van der Waals surface area contributed by atoms with Crippen molar-refractivity contribution in [1.82, 2.24) is 4.90 Å². The predicted octanol–water partition coefficient (Wildman–Crippen LogP) is 3.02. The molecule has 1 fully saturated rings. The second kappa shape index (κ2) is 7.39. The Balaban J connectivity index is 0.00000180. The maximum atomic E-state index is 12.2. The van der Waals surface area contributed by atoms with Crippen molar-refractivity contribution in [2.75, 3.05) is 12.8 Å². The molecule has 0 aromatic heterocycles. The summed E-state index contributed by atoms with van der Waals surface area (Å²) in [6, 6.07) is 8.01. The molecule has 1 aromatic carbocycles. The SMILES string of the molecule is CN(C(=O)Cc1ccc(N)cc1)C1CCCCC1.Cl. The Hall–Kier alpha value is -1.22. The molecular weight excluding hydrogens is 260 g/mol. The van der Waals surface area contributed by atoms with E-state index in [1.165, 1.54) is 19.3 Å². The molecule has 0 radical (unpaired) electrons. The molecule has 0 bridgehead atoms. The van der Waals surface area contributed by atoms with E-state index in [0.29, 0.717) is 12.5 Å². The van der Waals surface area contributed by atoms with Crippen LogP contribution in [-0.2, 0) is 11.2 Å². The van der Waals surface area contributed by atoms with Gasteiger partial charge in [-0.25, -0.2) is 0 Å². The summed E-state index contributed by atoms with van der Waals surface area (Å²) in [5, 5.41) is 0. The van der Waals surface area contributed by atoms with Crippen molar-refractivity contribution in [2.24, 2.45) is 0 Å². The molecule has 1 aliphatic carbocycles. The number of nitrogen functional groups attached to an aromatic ring is 1. The number of halogens is 1. The molecule has 0 aliphatic heterocycles. The fourth-order valence-electron chi connectivity index (χ4n) is 2.61. The van der Waals surface area contributed by atoms with Gasteiger partial charge in [0.15, 0.2) is 0 Å². The van der Waals surface area contributed by atoms with E-state index >= 15 is 0 Å². The van der Waals surface area contributed by atoms with Crippen molar-refractivity contribution >= 4 is 24.0 Å². The number of likely N-dealkylation sites (N-methyl/N-ethyl adjacent to an activating group) is 1. The van der Waals surface area contributed by atoms with E-state index in [2.05, 4.69) is 0 Å². The third kappa shape index (κ3) is 4.43. The summed E-state index contributed by atoms with van der Waals surface area (Å²) in [4.78, 5) is 14.1.